The first-order valence-corrected chi connectivity index (χ1v) is 7.06. The molecule has 0 radical (unpaired) electrons. The number of aliphatic hydroxyl groups is 1. The van der Waals surface area contributed by atoms with E-state index in [0.29, 0.717) is 13.1 Å². The molecule has 16 heavy (non-hydrogen) atoms. The monoisotopic (exact) mass is 254 g/mol. The van der Waals surface area contributed by atoms with Crippen molar-refractivity contribution in [3.63, 3.8) is 0 Å². The molecular formula is C9H23N2O4P. The maximum Gasteiger partial charge on any atom is 0.424 e. The predicted molar refractivity (Wildman–Crippen MR) is 62.6 cm³/mol. The van der Waals surface area contributed by atoms with Crippen molar-refractivity contribution in [1.82, 2.24) is 4.67 Å². The van der Waals surface area contributed by atoms with Gasteiger partial charge in [0.05, 0.1) is 0 Å². The summed E-state index contributed by atoms with van der Waals surface area (Å²) in [6.45, 7) is 5.21. The van der Waals surface area contributed by atoms with Gasteiger partial charge < -0.3 is 5.11 Å². The molecule has 2 atom stereocenters. The molecule has 0 saturated carbocycles. The molecule has 98 valence electrons. The number of hydrogen-bond acceptors (Lipinski definition) is 5. The molecule has 7 heteroatoms. The Morgan fingerprint density at radius 2 is 2.19 bits per heavy atom. The van der Waals surface area contributed by atoms with E-state index >= 15 is 0 Å². The van der Waals surface area contributed by atoms with Gasteiger partial charge in [-0.3, -0.25) is 4.52 Å². The maximum atomic E-state index is 11.8. The predicted octanol–water partition coefficient (Wildman–Crippen LogP) is 1.36. The highest BCUT2D eigenvalue weighted by Crippen LogP contribution is 2.51. The van der Waals surface area contributed by atoms with Gasteiger partial charge in [0.15, 0.2) is 0 Å². The Balaban J connectivity index is 0.00000106. The maximum absolute atomic E-state index is 11.8. The lowest BCUT2D eigenvalue weighted by molar-refractivity contribution is 0.123. The first-order valence-electron chi connectivity index (χ1n) is 5.57. The summed E-state index contributed by atoms with van der Waals surface area (Å²) in [6.07, 6.45) is 1.79. The molecule has 1 heterocycles. The lowest BCUT2D eigenvalue weighted by atomic mass is 10.0. The molecule has 6 nitrogen and oxygen atoms in total. The van der Waals surface area contributed by atoms with Crippen LogP contribution in [0.15, 0.2) is 0 Å². The molecule has 1 saturated heterocycles. The minimum Gasteiger partial charge on any atom is -0.396 e. The summed E-state index contributed by atoms with van der Waals surface area (Å²) in [5.41, 5.74) is 0. The van der Waals surface area contributed by atoms with Crippen molar-refractivity contribution in [2.45, 2.75) is 26.7 Å². The third kappa shape index (κ3) is 4.13. The van der Waals surface area contributed by atoms with Crippen molar-refractivity contribution in [3.05, 3.63) is 0 Å². The van der Waals surface area contributed by atoms with E-state index in [0.717, 1.165) is 12.8 Å². The highest BCUT2D eigenvalue weighted by molar-refractivity contribution is 7.51. The van der Waals surface area contributed by atoms with Gasteiger partial charge in [0.2, 0.25) is 0 Å². The molecule has 0 bridgehead atoms. The minimum atomic E-state index is -3.31. The van der Waals surface area contributed by atoms with Crippen LogP contribution in [0.5, 0.6) is 0 Å². The molecule has 1 rings (SSSR count). The number of rotatable bonds is 4. The van der Waals surface area contributed by atoms with Gasteiger partial charge in [0.1, 0.15) is 0 Å². The van der Waals surface area contributed by atoms with E-state index in [1.54, 1.807) is 4.67 Å². The van der Waals surface area contributed by atoms with E-state index in [9.17, 15) is 4.57 Å². The molecule has 2 unspecified atom stereocenters. The quantitative estimate of drug-likeness (QED) is 0.582. The summed E-state index contributed by atoms with van der Waals surface area (Å²) in [5, 5.41) is 8.99. The third-order valence-electron chi connectivity index (χ3n) is 2.47. The first kappa shape index (κ1) is 16.0. The Bertz CT molecular complexity index is 220. The van der Waals surface area contributed by atoms with E-state index < -0.39 is 7.75 Å². The Kier molecular flexibility index (Phi) is 8.18. The van der Waals surface area contributed by atoms with Gasteiger partial charge in [-0.25, -0.2) is 19.8 Å². The Labute approximate surface area is 97.3 Å². The van der Waals surface area contributed by atoms with Crippen molar-refractivity contribution >= 4 is 7.75 Å². The van der Waals surface area contributed by atoms with E-state index in [4.69, 9.17) is 15.5 Å². The zero-order valence-corrected chi connectivity index (χ0v) is 11.2. The number of hydrogen-bond donors (Lipinski definition) is 2. The van der Waals surface area contributed by atoms with Crippen molar-refractivity contribution in [1.29, 1.82) is 0 Å². The summed E-state index contributed by atoms with van der Waals surface area (Å²) in [5.74, 6) is 5.07. The van der Waals surface area contributed by atoms with Crippen LogP contribution in [-0.2, 0) is 13.7 Å². The fourth-order valence-corrected chi connectivity index (χ4v) is 2.91. The molecule has 1 aliphatic heterocycles. The second kappa shape index (κ2) is 8.17. The van der Waals surface area contributed by atoms with Crippen molar-refractivity contribution in [2.24, 2.45) is 11.8 Å². The first-order chi connectivity index (χ1) is 7.66. The lowest BCUT2D eigenvalue weighted by Gasteiger charge is -2.34. The topological polar surface area (TPSA) is 85.0 Å². The van der Waals surface area contributed by atoms with Crippen LogP contribution < -0.4 is 5.90 Å². The number of nitrogens with two attached hydrogens (primary N) is 1. The van der Waals surface area contributed by atoms with Crippen LogP contribution >= 0.6 is 7.75 Å². The fourth-order valence-electron chi connectivity index (χ4n) is 1.64. The van der Waals surface area contributed by atoms with E-state index in [1.807, 2.05) is 13.8 Å². The third-order valence-corrected chi connectivity index (χ3v) is 4.25. The highest BCUT2D eigenvalue weighted by Gasteiger charge is 2.35. The van der Waals surface area contributed by atoms with Crippen LogP contribution in [0.4, 0.5) is 0 Å². The van der Waals surface area contributed by atoms with E-state index in [2.05, 4.69) is 4.62 Å². The Morgan fingerprint density at radius 3 is 2.62 bits per heavy atom. The van der Waals surface area contributed by atoms with Crippen LogP contribution in [0.1, 0.15) is 26.7 Å². The molecule has 3 N–H and O–H groups in total. The van der Waals surface area contributed by atoms with Crippen molar-refractivity contribution in [3.8, 4) is 0 Å². The minimum absolute atomic E-state index is 0.0881. The second-order valence-electron chi connectivity index (χ2n) is 3.36. The zero-order valence-electron chi connectivity index (χ0n) is 10.3. The standard InChI is InChI=1S/C7H17N2O4P.C2H6/c1-12-14(11,13-8)9-4-2-3-7(5-9)6-10;1-2/h7,10H,2-6,8H2,1H3;1-2H3. The van der Waals surface area contributed by atoms with Gasteiger partial charge >= 0.3 is 7.75 Å². The Hall–Kier alpha value is 0.0300. The van der Waals surface area contributed by atoms with Gasteiger partial charge in [-0.1, -0.05) is 13.8 Å². The molecule has 0 amide bonds. The fraction of sp³-hybridized carbons (Fsp3) is 1.00. The molecule has 0 aromatic carbocycles. The van der Waals surface area contributed by atoms with Crippen LogP contribution in [0.25, 0.3) is 0 Å². The summed E-state index contributed by atoms with van der Waals surface area (Å²) >= 11 is 0. The van der Waals surface area contributed by atoms with Crippen LogP contribution in [0.3, 0.4) is 0 Å². The number of piperidine rings is 1. The second-order valence-corrected chi connectivity index (χ2v) is 5.44. The molecule has 1 aliphatic rings. The number of aliphatic hydroxyl groups excluding tert-OH is 1. The van der Waals surface area contributed by atoms with E-state index in [-0.39, 0.29) is 12.5 Å². The lowest BCUT2D eigenvalue weighted by Crippen LogP contribution is -2.36. The Morgan fingerprint density at radius 1 is 1.56 bits per heavy atom. The van der Waals surface area contributed by atoms with E-state index in [1.165, 1.54) is 7.11 Å². The normalized spacial score (nSPS) is 25.4. The average molecular weight is 254 g/mol. The molecule has 0 aromatic heterocycles. The molecular weight excluding hydrogens is 231 g/mol. The van der Waals surface area contributed by atoms with Gasteiger partial charge in [0.25, 0.3) is 0 Å². The number of nitrogens with zero attached hydrogens (tertiary/aromatic N) is 1. The van der Waals surface area contributed by atoms with Crippen LogP contribution in [-0.4, -0.2) is 36.6 Å². The van der Waals surface area contributed by atoms with Crippen LogP contribution in [0, 0.1) is 5.92 Å². The van der Waals surface area contributed by atoms with Gasteiger partial charge in [-0.2, -0.15) is 0 Å². The summed E-state index contributed by atoms with van der Waals surface area (Å²) < 4.78 is 22.6. The largest absolute Gasteiger partial charge is 0.424 e. The van der Waals surface area contributed by atoms with Gasteiger partial charge in [-0.05, 0) is 18.8 Å². The molecule has 0 spiro atoms. The molecule has 1 fully saturated rings. The van der Waals surface area contributed by atoms with Gasteiger partial charge in [-0.15, -0.1) is 0 Å². The smallest absolute Gasteiger partial charge is 0.396 e. The SMILES string of the molecule is CC.COP(=O)(ON)N1CCCC(CO)C1. The van der Waals surface area contributed by atoms with Crippen molar-refractivity contribution in [2.75, 3.05) is 26.8 Å². The molecule has 0 aliphatic carbocycles. The van der Waals surface area contributed by atoms with Crippen LogP contribution in [0.2, 0.25) is 0 Å². The summed E-state index contributed by atoms with van der Waals surface area (Å²) in [6, 6.07) is 0. The molecule has 0 aromatic rings. The highest BCUT2D eigenvalue weighted by atomic mass is 31.2. The average Bonchev–Trinajstić information content (AvgIpc) is 2.40. The summed E-state index contributed by atoms with van der Waals surface area (Å²) in [7, 11) is -2.01. The zero-order chi connectivity index (χ0) is 12.6. The van der Waals surface area contributed by atoms with Crippen molar-refractivity contribution < 1.29 is 18.8 Å². The summed E-state index contributed by atoms with van der Waals surface area (Å²) in [4.78, 5) is 0. The van der Waals surface area contributed by atoms with Gasteiger partial charge in [0, 0.05) is 26.8 Å².